The molecule has 2 aromatic rings. The van der Waals surface area contributed by atoms with Crippen molar-refractivity contribution in [2.75, 3.05) is 6.54 Å². The summed E-state index contributed by atoms with van der Waals surface area (Å²) >= 11 is 0. The Morgan fingerprint density at radius 2 is 1.90 bits per heavy atom. The van der Waals surface area contributed by atoms with Crippen LogP contribution in [0.15, 0.2) is 36.4 Å². The van der Waals surface area contributed by atoms with Crippen molar-refractivity contribution in [3.63, 3.8) is 0 Å². The molecule has 0 aromatic heterocycles. The summed E-state index contributed by atoms with van der Waals surface area (Å²) in [4.78, 5) is 0. The van der Waals surface area contributed by atoms with Gasteiger partial charge in [-0.3, -0.25) is 0 Å². The number of halogens is 2. The molecule has 5 heteroatoms. The fraction of sp³-hybridized carbons (Fsp3) is 0.188. The second-order valence-electron chi connectivity index (χ2n) is 4.55. The van der Waals surface area contributed by atoms with Gasteiger partial charge < -0.3 is 10.5 Å². The lowest BCUT2D eigenvalue weighted by molar-refractivity contribution is 0.289. The van der Waals surface area contributed by atoms with E-state index in [9.17, 15) is 8.78 Å². The highest BCUT2D eigenvalue weighted by atomic mass is 19.1. The molecule has 108 valence electrons. The monoisotopic (exact) mass is 288 g/mol. The average molecular weight is 288 g/mol. The number of nitrogens with zero attached hydrogens (tertiary/aromatic N) is 1. The second-order valence-corrected chi connectivity index (χ2v) is 4.55. The summed E-state index contributed by atoms with van der Waals surface area (Å²) in [6.45, 7) is 0.430. The van der Waals surface area contributed by atoms with Crippen LogP contribution < -0.4 is 10.5 Å². The summed E-state index contributed by atoms with van der Waals surface area (Å²) < 4.78 is 32.4. The third-order valence-electron chi connectivity index (χ3n) is 2.91. The van der Waals surface area contributed by atoms with E-state index in [-0.39, 0.29) is 17.9 Å². The fourth-order valence-corrected chi connectivity index (χ4v) is 1.94. The predicted molar refractivity (Wildman–Crippen MR) is 74.6 cm³/mol. The molecule has 0 unspecified atom stereocenters. The average Bonchev–Trinajstić information content (AvgIpc) is 2.46. The molecule has 2 N–H and O–H groups in total. The molecule has 0 bridgehead atoms. The first-order valence-electron chi connectivity index (χ1n) is 6.43. The zero-order valence-corrected chi connectivity index (χ0v) is 11.3. The van der Waals surface area contributed by atoms with Crippen LogP contribution in [0.2, 0.25) is 0 Å². The Kier molecular flexibility index (Phi) is 4.85. The van der Waals surface area contributed by atoms with E-state index >= 15 is 0 Å². The van der Waals surface area contributed by atoms with Gasteiger partial charge in [-0.05, 0) is 54.4 Å². The van der Waals surface area contributed by atoms with Crippen LogP contribution in [0.25, 0.3) is 0 Å². The Morgan fingerprint density at radius 1 is 1.10 bits per heavy atom. The smallest absolute Gasteiger partial charge is 0.165 e. The minimum Gasteiger partial charge on any atom is -0.486 e. The maximum Gasteiger partial charge on any atom is 0.165 e. The van der Waals surface area contributed by atoms with Crippen molar-refractivity contribution >= 4 is 0 Å². The quantitative estimate of drug-likeness (QED) is 0.920. The van der Waals surface area contributed by atoms with Crippen molar-refractivity contribution in [1.82, 2.24) is 0 Å². The molecule has 2 aromatic carbocycles. The Hall–Kier alpha value is -2.45. The number of rotatable bonds is 5. The van der Waals surface area contributed by atoms with Crippen LogP contribution in [0.3, 0.4) is 0 Å². The van der Waals surface area contributed by atoms with Crippen LogP contribution in [0, 0.1) is 23.0 Å². The maximum atomic E-state index is 13.8. The molecule has 0 spiro atoms. The first-order chi connectivity index (χ1) is 10.1. The minimum absolute atomic E-state index is 0.0143. The second kappa shape index (κ2) is 6.82. The van der Waals surface area contributed by atoms with E-state index in [0.29, 0.717) is 18.5 Å². The lowest BCUT2D eigenvalue weighted by atomic mass is 10.1. The molecule has 0 aliphatic rings. The molecule has 0 aliphatic carbocycles. The molecular formula is C16H14F2N2O. The Morgan fingerprint density at radius 3 is 2.57 bits per heavy atom. The molecule has 2 rings (SSSR count). The lowest BCUT2D eigenvalue weighted by Gasteiger charge is -2.09. The van der Waals surface area contributed by atoms with Crippen LogP contribution in [0.5, 0.6) is 5.75 Å². The Labute approximate surface area is 121 Å². The molecule has 0 saturated carbocycles. The van der Waals surface area contributed by atoms with E-state index < -0.39 is 11.6 Å². The molecule has 0 heterocycles. The van der Waals surface area contributed by atoms with Gasteiger partial charge in [0.15, 0.2) is 11.6 Å². The number of hydrogen-bond donors (Lipinski definition) is 1. The summed E-state index contributed by atoms with van der Waals surface area (Å²) in [5.74, 6) is -0.928. The first-order valence-corrected chi connectivity index (χ1v) is 6.43. The van der Waals surface area contributed by atoms with E-state index in [1.54, 1.807) is 6.07 Å². The van der Waals surface area contributed by atoms with E-state index in [2.05, 4.69) is 0 Å². The fourth-order valence-electron chi connectivity index (χ4n) is 1.94. The van der Waals surface area contributed by atoms with Crippen molar-refractivity contribution in [3.8, 4) is 11.8 Å². The molecule has 0 atom stereocenters. The maximum absolute atomic E-state index is 13.8. The molecular weight excluding hydrogens is 274 g/mol. The van der Waals surface area contributed by atoms with Gasteiger partial charge >= 0.3 is 0 Å². The van der Waals surface area contributed by atoms with Crippen LogP contribution >= 0.6 is 0 Å². The Balaban J connectivity index is 2.10. The van der Waals surface area contributed by atoms with Gasteiger partial charge in [0.2, 0.25) is 0 Å². The largest absolute Gasteiger partial charge is 0.486 e. The van der Waals surface area contributed by atoms with Crippen molar-refractivity contribution in [1.29, 1.82) is 5.26 Å². The predicted octanol–water partition coefficient (Wildman–Crippen LogP) is 2.92. The third-order valence-corrected chi connectivity index (χ3v) is 2.91. The van der Waals surface area contributed by atoms with Crippen molar-refractivity contribution in [3.05, 3.63) is 64.7 Å². The van der Waals surface area contributed by atoms with Gasteiger partial charge in [0.1, 0.15) is 12.4 Å². The molecule has 0 saturated heterocycles. The normalized spacial score (nSPS) is 10.2. The standard InChI is InChI=1S/C16H14F2N2O/c17-14-6-12(9-20)5-13(7-14)10-21-16-2-1-11(3-4-19)8-15(16)18/h1-2,5-8H,3-4,10,19H2. The molecule has 0 radical (unpaired) electrons. The number of benzene rings is 2. The van der Waals surface area contributed by atoms with Gasteiger partial charge in [-0.25, -0.2) is 8.78 Å². The van der Waals surface area contributed by atoms with E-state index in [0.717, 1.165) is 11.6 Å². The molecule has 3 nitrogen and oxygen atoms in total. The summed E-state index contributed by atoms with van der Waals surface area (Å²) in [6, 6.07) is 10.4. The first kappa shape index (κ1) is 14.9. The third kappa shape index (κ3) is 4.01. The zero-order chi connectivity index (χ0) is 15.2. The molecule has 0 aliphatic heterocycles. The van der Waals surface area contributed by atoms with Crippen LogP contribution in [-0.2, 0) is 13.0 Å². The summed E-state index contributed by atoms with van der Waals surface area (Å²) in [7, 11) is 0. The summed E-state index contributed by atoms with van der Waals surface area (Å²) in [5.41, 5.74) is 6.87. The van der Waals surface area contributed by atoms with E-state index in [4.69, 9.17) is 15.7 Å². The lowest BCUT2D eigenvalue weighted by Crippen LogP contribution is -2.04. The zero-order valence-electron chi connectivity index (χ0n) is 11.3. The van der Waals surface area contributed by atoms with Gasteiger partial charge in [-0.15, -0.1) is 0 Å². The van der Waals surface area contributed by atoms with Crippen LogP contribution in [-0.4, -0.2) is 6.54 Å². The van der Waals surface area contributed by atoms with Crippen molar-refractivity contribution in [2.24, 2.45) is 5.73 Å². The highest BCUT2D eigenvalue weighted by Crippen LogP contribution is 2.20. The minimum atomic E-state index is -0.522. The van der Waals surface area contributed by atoms with E-state index in [1.165, 1.54) is 24.3 Å². The van der Waals surface area contributed by atoms with Gasteiger partial charge in [0.05, 0.1) is 11.6 Å². The number of nitriles is 1. The van der Waals surface area contributed by atoms with Crippen LogP contribution in [0.1, 0.15) is 16.7 Å². The summed E-state index contributed by atoms with van der Waals surface area (Å²) in [6.07, 6.45) is 0.590. The Bertz CT molecular complexity index is 680. The van der Waals surface area contributed by atoms with Crippen molar-refractivity contribution < 1.29 is 13.5 Å². The van der Waals surface area contributed by atoms with Gasteiger partial charge in [0.25, 0.3) is 0 Å². The highest BCUT2D eigenvalue weighted by molar-refractivity contribution is 5.34. The highest BCUT2D eigenvalue weighted by Gasteiger charge is 2.06. The van der Waals surface area contributed by atoms with Gasteiger partial charge in [-0.2, -0.15) is 5.26 Å². The van der Waals surface area contributed by atoms with Crippen LogP contribution in [0.4, 0.5) is 8.78 Å². The molecule has 21 heavy (non-hydrogen) atoms. The number of nitrogens with two attached hydrogens (primary N) is 1. The van der Waals surface area contributed by atoms with Gasteiger partial charge in [0, 0.05) is 0 Å². The molecule has 0 fully saturated rings. The number of hydrogen-bond acceptors (Lipinski definition) is 3. The van der Waals surface area contributed by atoms with E-state index in [1.807, 2.05) is 6.07 Å². The van der Waals surface area contributed by atoms with Gasteiger partial charge in [-0.1, -0.05) is 6.07 Å². The van der Waals surface area contributed by atoms with Crippen molar-refractivity contribution in [2.45, 2.75) is 13.0 Å². The topological polar surface area (TPSA) is 59.0 Å². The molecule has 0 amide bonds. The SMILES string of the molecule is N#Cc1cc(F)cc(COc2ccc(CCN)cc2F)c1. The summed E-state index contributed by atoms with van der Waals surface area (Å²) in [5, 5.41) is 8.77. The number of ether oxygens (including phenoxy) is 1.